The van der Waals surface area contributed by atoms with Gasteiger partial charge in [0.25, 0.3) is 11.8 Å². The summed E-state index contributed by atoms with van der Waals surface area (Å²) < 4.78 is 28.9. The molecule has 0 spiro atoms. The van der Waals surface area contributed by atoms with Gasteiger partial charge in [-0.25, -0.2) is 0 Å². The highest BCUT2D eigenvalue weighted by Gasteiger charge is 2.38. The number of benzene rings is 3. The first-order valence-corrected chi connectivity index (χ1v) is 15.7. The molecule has 234 valence electrons. The van der Waals surface area contributed by atoms with Crippen LogP contribution in [0.15, 0.2) is 58.3 Å². The van der Waals surface area contributed by atoms with Crippen molar-refractivity contribution in [1.29, 1.82) is 0 Å². The number of rotatable bonds is 15. The summed E-state index contributed by atoms with van der Waals surface area (Å²) in [6, 6.07) is 15.0. The summed E-state index contributed by atoms with van der Waals surface area (Å²) in [5, 5.41) is 0. The number of nitrogens with zero attached hydrogens (tertiary/aromatic N) is 2. The van der Waals surface area contributed by atoms with Gasteiger partial charge >= 0.3 is 0 Å². The van der Waals surface area contributed by atoms with E-state index >= 15 is 0 Å². The first-order valence-electron chi connectivity index (χ1n) is 14.9. The second-order valence-corrected chi connectivity index (χ2v) is 11.6. The lowest BCUT2D eigenvalue weighted by Gasteiger charge is -2.37. The van der Waals surface area contributed by atoms with Crippen molar-refractivity contribution >= 4 is 35.0 Å². The van der Waals surface area contributed by atoms with Crippen LogP contribution in [0.25, 0.3) is 0 Å². The summed E-state index contributed by atoms with van der Waals surface area (Å²) in [7, 11) is 6.48. The highest BCUT2D eigenvalue weighted by Crippen LogP contribution is 2.55. The molecule has 1 atom stereocenters. The quantitative estimate of drug-likeness (QED) is 0.101. The fourth-order valence-electron chi connectivity index (χ4n) is 5.77. The molecule has 44 heavy (non-hydrogen) atoms. The number of amides is 2. The first-order chi connectivity index (χ1) is 21.5. The zero-order chi connectivity index (χ0) is 31.2. The van der Waals surface area contributed by atoms with Crippen molar-refractivity contribution in [2.24, 2.45) is 0 Å². The number of unbranched alkanes of at least 4 members (excludes halogenated alkanes) is 3. The Kier molecular flexibility index (Phi) is 10.5. The van der Waals surface area contributed by atoms with Gasteiger partial charge in [0.2, 0.25) is 0 Å². The zero-order valence-electron chi connectivity index (χ0n) is 26.0. The standard InChI is InChI=1S/C34H40N2O7S/c1-6-7-8-11-18-35-25-14-16-27(40-3)24(21-36-32(37)22-12-9-10-13-23(22)33(36)38)30(25)44-31-26(35)15-17-28(41-4)29(31)34(42-5)43-20-19-39-2/h9-10,12-17,34H,6-8,11,18-21H2,1-5H3. The van der Waals surface area contributed by atoms with Crippen molar-refractivity contribution in [3.63, 3.8) is 0 Å². The molecule has 0 aromatic heterocycles. The van der Waals surface area contributed by atoms with Crippen molar-refractivity contribution in [2.75, 3.05) is 53.1 Å². The lowest BCUT2D eigenvalue weighted by molar-refractivity contribution is -0.137. The lowest BCUT2D eigenvalue weighted by Crippen LogP contribution is -2.30. The maximum Gasteiger partial charge on any atom is 0.261 e. The van der Waals surface area contributed by atoms with E-state index in [-0.39, 0.29) is 18.4 Å². The number of imide groups is 1. The molecule has 5 rings (SSSR count). The summed E-state index contributed by atoms with van der Waals surface area (Å²) in [5.74, 6) is 0.624. The van der Waals surface area contributed by atoms with Gasteiger partial charge in [-0.15, -0.1) is 0 Å². The molecule has 9 nitrogen and oxygen atoms in total. The highest BCUT2D eigenvalue weighted by atomic mass is 32.2. The summed E-state index contributed by atoms with van der Waals surface area (Å²) in [6.45, 7) is 3.81. The highest BCUT2D eigenvalue weighted by molar-refractivity contribution is 7.99. The molecule has 1 unspecified atom stereocenters. The Hall–Kier alpha value is -3.57. The van der Waals surface area contributed by atoms with E-state index < -0.39 is 6.29 Å². The third-order valence-corrected chi connectivity index (χ3v) is 9.29. The van der Waals surface area contributed by atoms with Gasteiger partial charge in [-0.2, -0.15) is 0 Å². The minimum absolute atomic E-state index is 0.0715. The van der Waals surface area contributed by atoms with Crippen LogP contribution in [0.2, 0.25) is 0 Å². The van der Waals surface area contributed by atoms with E-state index in [4.69, 9.17) is 23.7 Å². The molecule has 10 heteroatoms. The molecule has 0 bridgehead atoms. The fourth-order valence-corrected chi connectivity index (χ4v) is 7.14. The average molecular weight is 621 g/mol. The molecule has 0 saturated carbocycles. The molecule has 2 aliphatic rings. The van der Waals surface area contributed by atoms with Crippen LogP contribution in [-0.2, 0) is 20.8 Å². The minimum Gasteiger partial charge on any atom is -0.496 e. The second-order valence-electron chi connectivity index (χ2n) is 10.6. The van der Waals surface area contributed by atoms with Gasteiger partial charge in [-0.05, 0) is 42.8 Å². The van der Waals surface area contributed by atoms with Crippen LogP contribution in [0.4, 0.5) is 11.4 Å². The molecule has 0 fully saturated rings. The number of fused-ring (bicyclic) bond motifs is 3. The van der Waals surface area contributed by atoms with Crippen LogP contribution in [-0.4, -0.2) is 64.9 Å². The van der Waals surface area contributed by atoms with E-state index in [0.29, 0.717) is 35.8 Å². The number of anilines is 2. The molecule has 0 N–H and O–H groups in total. The van der Waals surface area contributed by atoms with E-state index in [1.165, 1.54) is 4.90 Å². The Balaban J connectivity index is 1.63. The smallest absolute Gasteiger partial charge is 0.261 e. The molecule has 2 amide bonds. The van der Waals surface area contributed by atoms with Gasteiger partial charge < -0.3 is 28.6 Å². The SMILES string of the molecule is CCCCCCN1c2ccc(OC)c(CN3C(=O)c4ccccc4C3=O)c2Sc2c1ccc(OC)c2C(OC)OCCOC. The molecule has 0 radical (unpaired) electrons. The maximum absolute atomic E-state index is 13.4. The number of ether oxygens (including phenoxy) is 5. The Morgan fingerprint density at radius 3 is 2.02 bits per heavy atom. The van der Waals surface area contributed by atoms with E-state index in [9.17, 15) is 9.59 Å². The minimum atomic E-state index is -0.712. The summed E-state index contributed by atoms with van der Waals surface area (Å²) in [5.41, 5.74) is 4.38. The number of hydrogen-bond donors (Lipinski definition) is 0. The third-order valence-electron chi connectivity index (χ3n) is 7.99. The fraction of sp³-hybridized carbons (Fsp3) is 0.412. The maximum atomic E-state index is 13.4. The molecule has 2 heterocycles. The van der Waals surface area contributed by atoms with Gasteiger partial charge in [-0.3, -0.25) is 14.5 Å². The normalized spacial score (nSPS) is 14.4. The Bertz CT molecular complexity index is 1480. The zero-order valence-corrected chi connectivity index (χ0v) is 26.8. The molecular formula is C34H40N2O7S. The number of methoxy groups -OCH3 is 4. The Morgan fingerprint density at radius 2 is 1.41 bits per heavy atom. The molecule has 2 aliphatic heterocycles. The molecular weight excluding hydrogens is 580 g/mol. The van der Waals surface area contributed by atoms with Crippen LogP contribution < -0.4 is 14.4 Å². The number of hydrogen-bond acceptors (Lipinski definition) is 9. The van der Waals surface area contributed by atoms with Crippen molar-refractivity contribution in [3.8, 4) is 11.5 Å². The van der Waals surface area contributed by atoms with Crippen LogP contribution in [0.5, 0.6) is 11.5 Å². The predicted molar refractivity (Wildman–Crippen MR) is 169 cm³/mol. The molecule has 0 saturated heterocycles. The van der Waals surface area contributed by atoms with Gasteiger partial charge in [-0.1, -0.05) is 50.1 Å². The third kappa shape index (κ3) is 6.04. The first kappa shape index (κ1) is 31.8. The molecule has 0 aliphatic carbocycles. The summed E-state index contributed by atoms with van der Waals surface area (Å²) >= 11 is 1.55. The van der Waals surface area contributed by atoms with E-state index in [2.05, 4.69) is 24.0 Å². The van der Waals surface area contributed by atoms with Gasteiger partial charge in [0.1, 0.15) is 11.5 Å². The average Bonchev–Trinajstić information content (AvgIpc) is 3.29. The van der Waals surface area contributed by atoms with Crippen LogP contribution in [0.1, 0.15) is 70.7 Å². The number of carbonyl (C=O) groups is 2. The van der Waals surface area contributed by atoms with Gasteiger partial charge in [0.15, 0.2) is 6.29 Å². The Morgan fingerprint density at radius 1 is 0.750 bits per heavy atom. The van der Waals surface area contributed by atoms with Crippen molar-refractivity contribution in [3.05, 3.63) is 70.8 Å². The van der Waals surface area contributed by atoms with E-state index in [1.54, 1.807) is 64.5 Å². The van der Waals surface area contributed by atoms with E-state index in [0.717, 1.165) is 64.5 Å². The topological polar surface area (TPSA) is 86.8 Å². The second kappa shape index (κ2) is 14.5. The Labute approximate surface area is 263 Å². The van der Waals surface area contributed by atoms with Crippen molar-refractivity contribution < 1.29 is 33.3 Å². The summed E-state index contributed by atoms with van der Waals surface area (Å²) in [4.78, 5) is 32.3. The van der Waals surface area contributed by atoms with Crippen LogP contribution in [0, 0.1) is 0 Å². The van der Waals surface area contributed by atoms with Gasteiger partial charge in [0.05, 0.1) is 62.0 Å². The molecule has 3 aromatic carbocycles. The monoisotopic (exact) mass is 620 g/mol. The molecule has 3 aromatic rings. The largest absolute Gasteiger partial charge is 0.496 e. The van der Waals surface area contributed by atoms with Crippen molar-refractivity contribution in [1.82, 2.24) is 4.90 Å². The van der Waals surface area contributed by atoms with Crippen LogP contribution in [0.3, 0.4) is 0 Å². The van der Waals surface area contributed by atoms with Crippen molar-refractivity contribution in [2.45, 2.75) is 55.2 Å². The summed E-state index contributed by atoms with van der Waals surface area (Å²) in [6.07, 6.45) is 3.68. The van der Waals surface area contributed by atoms with E-state index in [1.807, 2.05) is 12.1 Å². The predicted octanol–water partition coefficient (Wildman–Crippen LogP) is 6.99. The number of carbonyl (C=O) groups excluding carboxylic acids is 2. The van der Waals surface area contributed by atoms with Gasteiger partial charge in [0, 0.05) is 36.1 Å². The lowest BCUT2D eigenvalue weighted by atomic mass is 10.1. The van der Waals surface area contributed by atoms with Crippen LogP contribution >= 0.6 is 11.8 Å².